The number of Topliss-reactive ketones (excluding diaryl/α,β-unsaturated/α-hetero) is 1. The van der Waals surface area contributed by atoms with E-state index in [1.165, 1.54) is 6.92 Å². The molecule has 0 heterocycles. The van der Waals surface area contributed by atoms with Crippen LogP contribution in [0.4, 0.5) is 11.4 Å². The molecule has 2 aromatic rings. The van der Waals surface area contributed by atoms with Crippen LogP contribution in [0.2, 0.25) is 0 Å². The van der Waals surface area contributed by atoms with E-state index in [0.717, 1.165) is 0 Å². The summed E-state index contributed by atoms with van der Waals surface area (Å²) in [5.74, 6) is -0.464. The van der Waals surface area contributed by atoms with Crippen LogP contribution in [-0.2, 0) is 9.59 Å². The Morgan fingerprint density at radius 3 is 2.40 bits per heavy atom. The maximum absolute atomic E-state index is 12.1. The van der Waals surface area contributed by atoms with Gasteiger partial charge in [0.15, 0.2) is 5.78 Å². The Morgan fingerprint density at radius 1 is 0.960 bits per heavy atom. The summed E-state index contributed by atoms with van der Waals surface area (Å²) in [5, 5.41) is 5.27. The van der Waals surface area contributed by atoms with Crippen LogP contribution in [0.1, 0.15) is 30.6 Å². The molecule has 25 heavy (non-hydrogen) atoms. The maximum Gasteiger partial charge on any atom is 0.233 e. The van der Waals surface area contributed by atoms with Crippen molar-refractivity contribution in [1.82, 2.24) is 0 Å². The van der Waals surface area contributed by atoms with E-state index in [9.17, 15) is 14.4 Å². The maximum atomic E-state index is 12.1. The van der Waals surface area contributed by atoms with E-state index in [1.54, 1.807) is 48.5 Å². The summed E-state index contributed by atoms with van der Waals surface area (Å²) in [7, 11) is 0. The van der Waals surface area contributed by atoms with E-state index < -0.39 is 11.8 Å². The topological polar surface area (TPSA) is 84.5 Å². The van der Waals surface area contributed by atoms with E-state index in [4.69, 9.17) is 4.74 Å². The number of anilines is 2. The summed E-state index contributed by atoms with van der Waals surface area (Å²) in [6, 6.07) is 13.6. The number of ketones is 1. The van der Waals surface area contributed by atoms with Gasteiger partial charge < -0.3 is 15.4 Å². The van der Waals surface area contributed by atoms with Crippen LogP contribution < -0.4 is 15.4 Å². The minimum Gasteiger partial charge on any atom is -0.492 e. The first-order chi connectivity index (χ1) is 12.0. The average molecular weight is 340 g/mol. The third kappa shape index (κ3) is 5.46. The number of carbonyl (C=O) groups excluding carboxylic acids is 3. The van der Waals surface area contributed by atoms with Gasteiger partial charge in [-0.2, -0.15) is 0 Å². The van der Waals surface area contributed by atoms with Crippen molar-refractivity contribution in [3.05, 3.63) is 54.1 Å². The molecule has 0 saturated heterocycles. The summed E-state index contributed by atoms with van der Waals surface area (Å²) in [6.45, 7) is 3.77. The molecule has 0 radical (unpaired) electrons. The molecule has 0 saturated carbocycles. The Bertz CT molecular complexity index is 786. The summed E-state index contributed by atoms with van der Waals surface area (Å²) < 4.78 is 5.43. The van der Waals surface area contributed by atoms with Gasteiger partial charge in [-0.05, 0) is 38.1 Å². The lowest BCUT2D eigenvalue weighted by Crippen LogP contribution is -2.21. The van der Waals surface area contributed by atoms with E-state index in [1.807, 2.05) is 6.92 Å². The van der Waals surface area contributed by atoms with Gasteiger partial charge in [-0.1, -0.05) is 24.3 Å². The number of carbonyl (C=O) groups is 3. The Labute approximate surface area is 146 Å². The van der Waals surface area contributed by atoms with Gasteiger partial charge >= 0.3 is 0 Å². The fraction of sp³-hybridized carbons (Fsp3) is 0.211. The van der Waals surface area contributed by atoms with Gasteiger partial charge in [-0.15, -0.1) is 0 Å². The standard InChI is InChI=1S/C19H20N2O4/c1-3-25-17-10-5-4-9-16(17)21-19(24)12-18(23)20-15-8-6-7-14(11-15)13(2)22/h4-11H,3,12H2,1-2H3,(H,20,23)(H,21,24). The van der Waals surface area contributed by atoms with E-state index in [-0.39, 0.29) is 12.2 Å². The Balaban J connectivity index is 1.96. The lowest BCUT2D eigenvalue weighted by atomic mass is 10.1. The van der Waals surface area contributed by atoms with Crippen LogP contribution in [0.15, 0.2) is 48.5 Å². The van der Waals surface area contributed by atoms with Crippen molar-refractivity contribution in [2.45, 2.75) is 20.3 Å². The molecule has 0 atom stereocenters. The predicted octanol–water partition coefficient (Wildman–Crippen LogP) is 3.26. The highest BCUT2D eigenvalue weighted by Gasteiger charge is 2.12. The zero-order valence-corrected chi connectivity index (χ0v) is 14.2. The molecular formula is C19H20N2O4. The summed E-state index contributed by atoms with van der Waals surface area (Å²) >= 11 is 0. The van der Waals surface area contributed by atoms with Crippen molar-refractivity contribution in [3.8, 4) is 5.75 Å². The van der Waals surface area contributed by atoms with Gasteiger partial charge in [0.2, 0.25) is 11.8 Å². The first-order valence-corrected chi connectivity index (χ1v) is 7.92. The van der Waals surface area contributed by atoms with Gasteiger partial charge in [0.25, 0.3) is 0 Å². The van der Waals surface area contributed by atoms with Crippen LogP contribution in [0.5, 0.6) is 5.75 Å². The third-order valence-corrected chi connectivity index (χ3v) is 3.33. The summed E-state index contributed by atoms with van der Waals surface area (Å²) in [6.07, 6.45) is -0.343. The van der Waals surface area contributed by atoms with Gasteiger partial charge in [0.05, 0.1) is 12.3 Å². The number of ether oxygens (including phenoxy) is 1. The Kier molecular flexibility index (Phi) is 6.28. The highest BCUT2D eigenvalue weighted by Crippen LogP contribution is 2.23. The molecule has 0 aliphatic carbocycles. The first kappa shape index (κ1) is 18.2. The number of nitrogens with one attached hydrogen (secondary N) is 2. The van der Waals surface area contributed by atoms with Gasteiger partial charge in [-0.25, -0.2) is 0 Å². The minimum absolute atomic E-state index is 0.0960. The molecule has 6 heteroatoms. The second-order valence-electron chi connectivity index (χ2n) is 5.34. The van der Waals surface area contributed by atoms with E-state index in [0.29, 0.717) is 29.3 Å². The normalized spacial score (nSPS) is 10.0. The van der Waals surface area contributed by atoms with Crippen molar-refractivity contribution in [2.24, 2.45) is 0 Å². The van der Waals surface area contributed by atoms with Crippen LogP contribution in [0.25, 0.3) is 0 Å². The number of rotatable bonds is 7. The molecule has 0 aliphatic heterocycles. The van der Waals surface area contributed by atoms with Gasteiger partial charge in [0.1, 0.15) is 12.2 Å². The molecule has 2 amide bonds. The highest BCUT2D eigenvalue weighted by atomic mass is 16.5. The molecule has 2 rings (SSSR count). The van der Waals surface area contributed by atoms with E-state index in [2.05, 4.69) is 10.6 Å². The summed E-state index contributed by atoms with van der Waals surface area (Å²) in [5.41, 5.74) is 1.48. The van der Waals surface area contributed by atoms with Crippen LogP contribution in [0, 0.1) is 0 Å². The molecule has 130 valence electrons. The lowest BCUT2D eigenvalue weighted by Gasteiger charge is -2.11. The molecular weight excluding hydrogens is 320 g/mol. The number of benzene rings is 2. The predicted molar refractivity (Wildman–Crippen MR) is 95.9 cm³/mol. The number of amides is 2. The van der Waals surface area contributed by atoms with Crippen molar-refractivity contribution in [3.63, 3.8) is 0 Å². The molecule has 0 aromatic heterocycles. The lowest BCUT2D eigenvalue weighted by molar-refractivity contribution is -0.123. The molecule has 2 N–H and O–H groups in total. The van der Waals surface area contributed by atoms with Crippen molar-refractivity contribution < 1.29 is 19.1 Å². The zero-order chi connectivity index (χ0) is 18.2. The quantitative estimate of drug-likeness (QED) is 0.598. The third-order valence-electron chi connectivity index (χ3n) is 3.33. The van der Waals surface area contributed by atoms with Crippen molar-refractivity contribution >= 4 is 29.0 Å². The molecule has 0 aliphatic rings. The number of para-hydroxylation sites is 2. The SMILES string of the molecule is CCOc1ccccc1NC(=O)CC(=O)Nc1cccc(C(C)=O)c1. The smallest absolute Gasteiger partial charge is 0.233 e. The van der Waals surface area contributed by atoms with E-state index >= 15 is 0 Å². The van der Waals surface area contributed by atoms with Crippen LogP contribution in [0.3, 0.4) is 0 Å². The minimum atomic E-state index is -0.466. The van der Waals surface area contributed by atoms with Crippen molar-refractivity contribution in [1.29, 1.82) is 0 Å². The molecule has 0 spiro atoms. The second-order valence-corrected chi connectivity index (χ2v) is 5.34. The van der Waals surface area contributed by atoms with Crippen LogP contribution >= 0.6 is 0 Å². The molecule has 6 nitrogen and oxygen atoms in total. The fourth-order valence-electron chi connectivity index (χ4n) is 2.21. The zero-order valence-electron chi connectivity index (χ0n) is 14.2. The molecule has 0 fully saturated rings. The number of hydrogen-bond donors (Lipinski definition) is 2. The Hall–Kier alpha value is -3.15. The fourth-order valence-corrected chi connectivity index (χ4v) is 2.21. The molecule has 2 aromatic carbocycles. The van der Waals surface area contributed by atoms with Gasteiger partial charge in [-0.3, -0.25) is 14.4 Å². The first-order valence-electron chi connectivity index (χ1n) is 7.92. The monoisotopic (exact) mass is 340 g/mol. The van der Waals surface area contributed by atoms with Crippen molar-refractivity contribution in [2.75, 3.05) is 17.2 Å². The average Bonchev–Trinajstić information content (AvgIpc) is 2.57. The molecule has 0 bridgehead atoms. The van der Waals surface area contributed by atoms with Gasteiger partial charge in [0, 0.05) is 11.3 Å². The second kappa shape index (κ2) is 8.63. The molecule has 0 unspecified atom stereocenters. The largest absolute Gasteiger partial charge is 0.492 e. The van der Waals surface area contributed by atoms with Crippen LogP contribution in [-0.4, -0.2) is 24.2 Å². The Morgan fingerprint density at radius 2 is 1.68 bits per heavy atom. The highest BCUT2D eigenvalue weighted by molar-refractivity contribution is 6.08. The number of hydrogen-bond acceptors (Lipinski definition) is 4. The summed E-state index contributed by atoms with van der Waals surface area (Å²) in [4.78, 5) is 35.4.